The number of halogens is 1. The van der Waals surface area contributed by atoms with E-state index in [2.05, 4.69) is 18.3 Å². The molecule has 94 valence electrons. The lowest BCUT2D eigenvalue weighted by Crippen LogP contribution is -2.06. The highest BCUT2D eigenvalue weighted by Gasteiger charge is 2.04. The van der Waals surface area contributed by atoms with Gasteiger partial charge in [0.15, 0.2) is 0 Å². The van der Waals surface area contributed by atoms with Crippen LogP contribution in [0.3, 0.4) is 0 Å². The van der Waals surface area contributed by atoms with Crippen LogP contribution in [0.1, 0.15) is 11.1 Å². The van der Waals surface area contributed by atoms with Crippen molar-refractivity contribution in [1.82, 2.24) is 5.32 Å². The molecule has 2 aromatic rings. The zero-order valence-corrected chi connectivity index (χ0v) is 11.3. The fraction of sp³-hybridized carbons (Fsp3) is 0.200. The van der Waals surface area contributed by atoms with E-state index in [1.807, 2.05) is 43.4 Å². The number of hydrogen-bond donors (Lipinski definition) is 1. The molecule has 0 radical (unpaired) electrons. The average Bonchev–Trinajstić information content (AvgIpc) is 2.36. The van der Waals surface area contributed by atoms with E-state index in [0.717, 1.165) is 12.3 Å². The minimum atomic E-state index is 0.620. The van der Waals surface area contributed by atoms with Crippen molar-refractivity contribution in [1.29, 1.82) is 0 Å². The van der Waals surface area contributed by atoms with Crippen molar-refractivity contribution in [2.24, 2.45) is 0 Å². The van der Waals surface area contributed by atoms with E-state index >= 15 is 0 Å². The zero-order chi connectivity index (χ0) is 13.0. The Hall–Kier alpha value is -1.51. The van der Waals surface area contributed by atoms with Crippen molar-refractivity contribution in [2.75, 3.05) is 7.05 Å². The monoisotopic (exact) mass is 261 g/mol. The van der Waals surface area contributed by atoms with Crippen molar-refractivity contribution < 1.29 is 4.74 Å². The number of rotatable bonds is 4. The van der Waals surface area contributed by atoms with Crippen LogP contribution in [0, 0.1) is 6.92 Å². The van der Waals surface area contributed by atoms with Gasteiger partial charge >= 0.3 is 0 Å². The lowest BCUT2D eigenvalue weighted by Gasteiger charge is -2.10. The SMILES string of the molecule is CNCc1ccc(Oc2ccccc2Cl)cc1C. The fourth-order valence-electron chi connectivity index (χ4n) is 1.78. The number of hydrogen-bond acceptors (Lipinski definition) is 2. The largest absolute Gasteiger partial charge is 0.456 e. The molecule has 0 amide bonds. The lowest BCUT2D eigenvalue weighted by molar-refractivity contribution is 0.482. The molecule has 0 heterocycles. The first-order chi connectivity index (χ1) is 8.70. The standard InChI is InChI=1S/C15H16ClNO/c1-11-9-13(8-7-12(11)10-17-2)18-15-6-4-3-5-14(15)16/h3-9,17H,10H2,1-2H3. The summed E-state index contributed by atoms with van der Waals surface area (Å²) < 4.78 is 5.77. The number of ether oxygens (including phenoxy) is 1. The molecule has 0 unspecified atom stereocenters. The molecule has 2 nitrogen and oxygen atoms in total. The van der Waals surface area contributed by atoms with E-state index < -0.39 is 0 Å². The second-order valence-electron chi connectivity index (χ2n) is 4.15. The molecule has 0 aliphatic carbocycles. The van der Waals surface area contributed by atoms with Gasteiger partial charge in [-0.2, -0.15) is 0 Å². The van der Waals surface area contributed by atoms with E-state index in [1.54, 1.807) is 0 Å². The zero-order valence-electron chi connectivity index (χ0n) is 10.5. The topological polar surface area (TPSA) is 21.3 Å². The van der Waals surface area contributed by atoms with Gasteiger partial charge in [-0.25, -0.2) is 0 Å². The predicted octanol–water partition coefficient (Wildman–Crippen LogP) is 4.16. The molecule has 2 aromatic carbocycles. The van der Waals surface area contributed by atoms with Crippen LogP contribution in [0.15, 0.2) is 42.5 Å². The fourth-order valence-corrected chi connectivity index (χ4v) is 1.95. The summed E-state index contributed by atoms with van der Waals surface area (Å²) in [6.07, 6.45) is 0. The van der Waals surface area contributed by atoms with E-state index in [0.29, 0.717) is 10.8 Å². The van der Waals surface area contributed by atoms with E-state index in [-0.39, 0.29) is 0 Å². The van der Waals surface area contributed by atoms with Crippen LogP contribution < -0.4 is 10.1 Å². The van der Waals surface area contributed by atoms with Gasteiger partial charge in [0.1, 0.15) is 11.5 Å². The predicted molar refractivity (Wildman–Crippen MR) is 75.5 cm³/mol. The molecule has 0 aliphatic heterocycles. The molecule has 0 aromatic heterocycles. The molecule has 0 saturated heterocycles. The van der Waals surface area contributed by atoms with Gasteiger partial charge in [0.05, 0.1) is 5.02 Å². The summed E-state index contributed by atoms with van der Waals surface area (Å²) in [6.45, 7) is 2.93. The van der Waals surface area contributed by atoms with Gasteiger partial charge in [0.25, 0.3) is 0 Å². The Balaban J connectivity index is 2.20. The first kappa shape index (κ1) is 12.9. The van der Waals surface area contributed by atoms with Gasteiger partial charge in [-0.05, 0) is 49.4 Å². The molecule has 2 rings (SSSR count). The third-order valence-electron chi connectivity index (χ3n) is 2.75. The second-order valence-corrected chi connectivity index (χ2v) is 4.56. The Morgan fingerprint density at radius 3 is 2.61 bits per heavy atom. The highest BCUT2D eigenvalue weighted by Crippen LogP contribution is 2.29. The molecule has 3 heteroatoms. The maximum absolute atomic E-state index is 6.06. The summed E-state index contributed by atoms with van der Waals surface area (Å²) in [6, 6.07) is 13.5. The number of para-hydroxylation sites is 1. The molecule has 18 heavy (non-hydrogen) atoms. The first-order valence-electron chi connectivity index (χ1n) is 5.87. The minimum Gasteiger partial charge on any atom is -0.456 e. The number of aryl methyl sites for hydroxylation is 1. The number of benzene rings is 2. The maximum atomic E-state index is 6.06. The van der Waals surface area contributed by atoms with Gasteiger partial charge in [-0.1, -0.05) is 29.8 Å². The summed E-state index contributed by atoms with van der Waals surface area (Å²) in [5, 5.41) is 3.76. The Labute approximate surface area is 113 Å². The van der Waals surface area contributed by atoms with E-state index in [1.165, 1.54) is 11.1 Å². The lowest BCUT2D eigenvalue weighted by atomic mass is 10.1. The van der Waals surface area contributed by atoms with Crippen molar-refractivity contribution in [3.05, 3.63) is 58.6 Å². The molecule has 0 aliphatic rings. The van der Waals surface area contributed by atoms with Crippen LogP contribution in [0.4, 0.5) is 0 Å². The molecular weight excluding hydrogens is 246 g/mol. The summed E-state index contributed by atoms with van der Waals surface area (Å²) in [4.78, 5) is 0. The highest BCUT2D eigenvalue weighted by atomic mass is 35.5. The van der Waals surface area contributed by atoms with E-state index in [9.17, 15) is 0 Å². The van der Waals surface area contributed by atoms with Gasteiger partial charge in [-0.15, -0.1) is 0 Å². The van der Waals surface area contributed by atoms with Crippen molar-refractivity contribution >= 4 is 11.6 Å². The van der Waals surface area contributed by atoms with E-state index in [4.69, 9.17) is 16.3 Å². The van der Waals surface area contributed by atoms with Gasteiger partial charge in [-0.3, -0.25) is 0 Å². The molecule has 1 N–H and O–H groups in total. The first-order valence-corrected chi connectivity index (χ1v) is 6.25. The van der Waals surface area contributed by atoms with Crippen LogP contribution in [0.2, 0.25) is 5.02 Å². The molecule has 0 bridgehead atoms. The summed E-state index contributed by atoms with van der Waals surface area (Å²) in [5.74, 6) is 1.49. The smallest absolute Gasteiger partial charge is 0.146 e. The van der Waals surface area contributed by atoms with Gasteiger partial charge in [0.2, 0.25) is 0 Å². The summed E-state index contributed by atoms with van der Waals surface area (Å²) in [7, 11) is 1.94. The summed E-state index contributed by atoms with van der Waals surface area (Å²) in [5.41, 5.74) is 2.47. The normalized spacial score (nSPS) is 10.4. The molecule has 0 spiro atoms. The van der Waals surface area contributed by atoms with Crippen LogP contribution >= 0.6 is 11.6 Å². The quantitative estimate of drug-likeness (QED) is 0.892. The van der Waals surface area contributed by atoms with Crippen molar-refractivity contribution in [3.63, 3.8) is 0 Å². The van der Waals surface area contributed by atoms with Crippen LogP contribution in [-0.2, 0) is 6.54 Å². The number of nitrogens with one attached hydrogen (secondary N) is 1. The van der Waals surface area contributed by atoms with Crippen LogP contribution in [0.5, 0.6) is 11.5 Å². The minimum absolute atomic E-state index is 0.620. The third-order valence-corrected chi connectivity index (χ3v) is 3.06. The Morgan fingerprint density at radius 2 is 1.94 bits per heavy atom. The van der Waals surface area contributed by atoms with Gasteiger partial charge < -0.3 is 10.1 Å². The van der Waals surface area contributed by atoms with Crippen molar-refractivity contribution in [3.8, 4) is 11.5 Å². The molecule has 0 atom stereocenters. The Morgan fingerprint density at radius 1 is 1.17 bits per heavy atom. The average molecular weight is 262 g/mol. The van der Waals surface area contributed by atoms with Crippen molar-refractivity contribution in [2.45, 2.75) is 13.5 Å². The van der Waals surface area contributed by atoms with Crippen LogP contribution in [-0.4, -0.2) is 7.05 Å². The Kier molecular flexibility index (Phi) is 4.24. The molecule has 0 saturated carbocycles. The molecule has 0 fully saturated rings. The summed E-state index contributed by atoms with van der Waals surface area (Å²) >= 11 is 6.06. The van der Waals surface area contributed by atoms with Crippen LogP contribution in [0.25, 0.3) is 0 Å². The molecular formula is C15H16ClNO. The Bertz CT molecular complexity index is 540. The third kappa shape index (κ3) is 3.03. The van der Waals surface area contributed by atoms with Gasteiger partial charge in [0, 0.05) is 6.54 Å². The maximum Gasteiger partial charge on any atom is 0.146 e. The highest BCUT2D eigenvalue weighted by molar-refractivity contribution is 6.32. The second kappa shape index (κ2) is 5.89.